The van der Waals surface area contributed by atoms with Gasteiger partial charge in [-0.1, -0.05) is 18.5 Å². The molecule has 0 spiro atoms. The topological polar surface area (TPSA) is 112 Å². The van der Waals surface area contributed by atoms with Crippen LogP contribution in [0.1, 0.15) is 25.3 Å². The number of hydrogen-bond donors (Lipinski definition) is 3. The molecule has 0 bridgehead atoms. The summed E-state index contributed by atoms with van der Waals surface area (Å²) in [6.07, 6.45) is 1.56. The zero-order valence-corrected chi connectivity index (χ0v) is 16.9. The maximum Gasteiger partial charge on any atom is 0.268 e. The number of rotatable bonds is 6. The second-order valence-electron chi connectivity index (χ2n) is 6.83. The Labute approximate surface area is 177 Å². The Morgan fingerprint density at radius 1 is 1.33 bits per heavy atom. The van der Waals surface area contributed by atoms with E-state index in [1.54, 1.807) is 13.0 Å². The molecular formula is C20H20ClFN4O4. The van der Waals surface area contributed by atoms with Crippen LogP contribution >= 0.6 is 11.6 Å². The summed E-state index contributed by atoms with van der Waals surface area (Å²) in [5.41, 5.74) is -1.46. The molecule has 0 radical (unpaired) electrons. The molecule has 0 unspecified atom stereocenters. The first kappa shape index (κ1) is 21.7. The summed E-state index contributed by atoms with van der Waals surface area (Å²) >= 11 is 5.79. The van der Waals surface area contributed by atoms with Crippen LogP contribution in [0.25, 0.3) is 0 Å². The van der Waals surface area contributed by atoms with Gasteiger partial charge in [-0.3, -0.25) is 14.4 Å². The van der Waals surface area contributed by atoms with E-state index in [1.165, 1.54) is 29.3 Å². The highest BCUT2D eigenvalue weighted by Crippen LogP contribution is 2.29. The molecule has 1 fully saturated rings. The molecule has 8 nitrogen and oxygen atoms in total. The number of pyridine rings is 1. The minimum Gasteiger partial charge on any atom is -0.372 e. The predicted octanol–water partition coefficient (Wildman–Crippen LogP) is 2.01. The molecule has 1 aromatic heterocycles. The summed E-state index contributed by atoms with van der Waals surface area (Å²) in [5, 5.41) is 15.9. The fourth-order valence-corrected chi connectivity index (χ4v) is 3.30. The quantitative estimate of drug-likeness (QED) is 0.602. The fourth-order valence-electron chi connectivity index (χ4n) is 3.05. The first-order chi connectivity index (χ1) is 14.2. The molecular weight excluding hydrogens is 415 g/mol. The maximum absolute atomic E-state index is 13.4. The van der Waals surface area contributed by atoms with Gasteiger partial charge in [-0.2, -0.15) is 0 Å². The predicted molar refractivity (Wildman–Crippen MR) is 108 cm³/mol. The van der Waals surface area contributed by atoms with Gasteiger partial charge < -0.3 is 20.6 Å². The molecule has 3 amide bonds. The molecule has 30 heavy (non-hydrogen) atoms. The monoisotopic (exact) mass is 434 g/mol. The van der Waals surface area contributed by atoms with Gasteiger partial charge in [-0.25, -0.2) is 9.37 Å². The van der Waals surface area contributed by atoms with Crippen LogP contribution in [0.5, 0.6) is 0 Å². The van der Waals surface area contributed by atoms with Gasteiger partial charge in [0, 0.05) is 31.0 Å². The summed E-state index contributed by atoms with van der Waals surface area (Å²) in [6.45, 7) is 1.72. The highest BCUT2D eigenvalue weighted by Gasteiger charge is 2.51. The zero-order chi connectivity index (χ0) is 21.9. The number of carbonyl (C=O) groups excluding carboxylic acids is 3. The summed E-state index contributed by atoms with van der Waals surface area (Å²) < 4.78 is 13.4. The van der Waals surface area contributed by atoms with E-state index < -0.39 is 23.2 Å². The van der Waals surface area contributed by atoms with Crippen LogP contribution in [0, 0.1) is 5.82 Å². The largest absolute Gasteiger partial charge is 0.372 e. The zero-order valence-electron chi connectivity index (χ0n) is 16.1. The summed E-state index contributed by atoms with van der Waals surface area (Å²) in [5.74, 6) is -2.09. The van der Waals surface area contributed by atoms with Crippen LogP contribution in [-0.2, 0) is 20.9 Å². The molecule has 158 valence electrons. The van der Waals surface area contributed by atoms with E-state index in [0.29, 0.717) is 23.5 Å². The van der Waals surface area contributed by atoms with Crippen molar-refractivity contribution < 1.29 is 23.9 Å². The van der Waals surface area contributed by atoms with Gasteiger partial charge in [-0.15, -0.1) is 0 Å². The molecule has 1 aliphatic heterocycles. The number of nitrogens with zero attached hydrogens (tertiary/aromatic N) is 2. The number of anilines is 2. The van der Waals surface area contributed by atoms with Crippen molar-refractivity contribution in [2.45, 2.75) is 31.9 Å². The van der Waals surface area contributed by atoms with Crippen LogP contribution in [0.3, 0.4) is 0 Å². The van der Waals surface area contributed by atoms with Gasteiger partial charge in [0.15, 0.2) is 0 Å². The number of aliphatic hydroxyl groups is 1. The average molecular weight is 435 g/mol. The van der Waals surface area contributed by atoms with E-state index in [1.807, 2.05) is 0 Å². The highest BCUT2D eigenvalue weighted by molar-refractivity contribution is 6.30. The number of hydrogen-bond acceptors (Lipinski definition) is 5. The van der Waals surface area contributed by atoms with Crippen molar-refractivity contribution in [3.05, 3.63) is 52.9 Å². The number of nitrogens with one attached hydrogen (secondary N) is 2. The minimum absolute atomic E-state index is 0.0979. The first-order valence-electron chi connectivity index (χ1n) is 9.26. The Hall–Kier alpha value is -3.04. The van der Waals surface area contributed by atoms with Crippen molar-refractivity contribution in [3.8, 4) is 0 Å². The van der Waals surface area contributed by atoms with Crippen molar-refractivity contribution in [1.29, 1.82) is 0 Å². The van der Waals surface area contributed by atoms with Crippen LogP contribution in [0.4, 0.5) is 15.9 Å². The summed E-state index contributed by atoms with van der Waals surface area (Å²) in [6, 6.07) is 6.90. The van der Waals surface area contributed by atoms with Crippen molar-refractivity contribution >= 4 is 40.8 Å². The lowest BCUT2D eigenvalue weighted by molar-refractivity contribution is -0.149. The van der Waals surface area contributed by atoms with E-state index in [2.05, 4.69) is 15.6 Å². The molecule has 3 N–H and O–H groups in total. The third-order valence-electron chi connectivity index (χ3n) is 4.70. The molecule has 10 heteroatoms. The third kappa shape index (κ3) is 4.58. The Morgan fingerprint density at radius 3 is 2.73 bits per heavy atom. The van der Waals surface area contributed by atoms with Crippen LogP contribution in [-0.4, -0.2) is 40.0 Å². The van der Waals surface area contributed by atoms with E-state index in [0.717, 1.165) is 6.07 Å². The number of halogens is 2. The third-order valence-corrected chi connectivity index (χ3v) is 4.91. The van der Waals surface area contributed by atoms with Crippen LogP contribution < -0.4 is 15.5 Å². The van der Waals surface area contributed by atoms with Crippen molar-refractivity contribution in [3.63, 3.8) is 0 Å². The van der Waals surface area contributed by atoms with E-state index in [4.69, 9.17) is 11.6 Å². The molecule has 2 aromatic rings. The molecule has 0 saturated carbocycles. The van der Waals surface area contributed by atoms with Gasteiger partial charge in [0.25, 0.3) is 11.8 Å². The van der Waals surface area contributed by atoms with Crippen molar-refractivity contribution in [2.75, 3.05) is 16.8 Å². The molecule has 0 aliphatic carbocycles. The second kappa shape index (κ2) is 8.76. The Kier molecular flexibility index (Phi) is 6.33. The lowest BCUT2D eigenvalue weighted by atomic mass is 10.0. The van der Waals surface area contributed by atoms with E-state index in [9.17, 15) is 23.9 Å². The van der Waals surface area contributed by atoms with Gasteiger partial charge >= 0.3 is 0 Å². The minimum atomic E-state index is -2.24. The van der Waals surface area contributed by atoms with E-state index >= 15 is 0 Å². The SMILES string of the molecule is CCC(=O)Nc1ccc(N2CC[C@@](O)(C(=O)NCc3cc(F)cc(Cl)c3)C2=O)cn1. The highest BCUT2D eigenvalue weighted by atomic mass is 35.5. The van der Waals surface area contributed by atoms with Gasteiger partial charge in [0.05, 0.1) is 11.9 Å². The number of benzene rings is 1. The van der Waals surface area contributed by atoms with Crippen molar-refractivity contribution in [1.82, 2.24) is 10.3 Å². The summed E-state index contributed by atoms with van der Waals surface area (Å²) in [7, 11) is 0. The summed E-state index contributed by atoms with van der Waals surface area (Å²) in [4.78, 5) is 42.0. The number of carbonyl (C=O) groups is 3. The number of amides is 3. The van der Waals surface area contributed by atoms with E-state index in [-0.39, 0.29) is 30.4 Å². The average Bonchev–Trinajstić information content (AvgIpc) is 3.02. The van der Waals surface area contributed by atoms with Crippen LogP contribution in [0.15, 0.2) is 36.5 Å². The van der Waals surface area contributed by atoms with Gasteiger partial charge in [0.1, 0.15) is 11.6 Å². The molecule has 3 rings (SSSR count). The standard InChI is InChI=1S/C20H20ClFN4O4/c1-2-17(27)25-16-4-3-15(11-23-16)26-6-5-20(30,19(26)29)18(28)24-10-12-7-13(21)9-14(22)8-12/h3-4,7-9,11,30H,2,5-6,10H2,1H3,(H,24,28)(H,23,25,27)/t20-/m1/s1. The molecule has 1 aromatic carbocycles. The first-order valence-corrected chi connectivity index (χ1v) is 9.64. The Bertz CT molecular complexity index is 965. The molecule has 2 heterocycles. The normalized spacial score (nSPS) is 18.4. The van der Waals surface area contributed by atoms with Crippen molar-refractivity contribution in [2.24, 2.45) is 0 Å². The lowest BCUT2D eigenvalue weighted by Gasteiger charge is -2.21. The molecule has 1 saturated heterocycles. The molecule has 1 atom stereocenters. The lowest BCUT2D eigenvalue weighted by Crippen LogP contribution is -2.52. The fraction of sp³-hybridized carbons (Fsp3) is 0.300. The van der Waals surface area contributed by atoms with Gasteiger partial charge in [-0.05, 0) is 35.9 Å². The second-order valence-corrected chi connectivity index (χ2v) is 7.27. The molecule has 1 aliphatic rings. The Balaban J connectivity index is 1.66. The van der Waals surface area contributed by atoms with Gasteiger partial charge in [0.2, 0.25) is 11.5 Å². The maximum atomic E-state index is 13.4. The number of aromatic nitrogens is 1. The smallest absolute Gasteiger partial charge is 0.268 e. The van der Waals surface area contributed by atoms with Crippen LogP contribution in [0.2, 0.25) is 5.02 Å². The Morgan fingerprint density at radius 2 is 2.10 bits per heavy atom.